The van der Waals surface area contributed by atoms with Gasteiger partial charge in [-0.1, -0.05) is 0 Å². The molecule has 84 valence electrons. The quantitative estimate of drug-likeness (QED) is 0.654. The molecule has 2 saturated heterocycles. The third kappa shape index (κ3) is 2.18. The summed E-state index contributed by atoms with van der Waals surface area (Å²) in [4.78, 5) is 24.0. The Morgan fingerprint density at radius 3 is 2.60 bits per heavy atom. The van der Waals surface area contributed by atoms with Gasteiger partial charge in [-0.05, 0) is 17.9 Å². The van der Waals surface area contributed by atoms with Crippen molar-refractivity contribution in [2.45, 2.75) is 29.9 Å². The lowest BCUT2D eigenvalue weighted by atomic mass is 10.2. The lowest BCUT2D eigenvalue weighted by Gasteiger charge is -2.31. The maximum atomic E-state index is 11.4. The minimum atomic E-state index is -0.194. The molecule has 0 unspecified atom stereocenters. The molecule has 0 aromatic heterocycles. The van der Waals surface area contributed by atoms with Gasteiger partial charge in [0.05, 0.1) is 10.1 Å². The summed E-state index contributed by atoms with van der Waals surface area (Å²) in [6.45, 7) is 2.29. The molecule has 2 aliphatic heterocycles. The fourth-order valence-corrected chi connectivity index (χ4v) is 5.54. The van der Waals surface area contributed by atoms with Crippen molar-refractivity contribution >= 4 is 35.7 Å². The first-order valence-electron chi connectivity index (χ1n) is 5.17. The molecule has 0 radical (unpaired) electrons. The summed E-state index contributed by atoms with van der Waals surface area (Å²) in [6, 6.07) is -0.194. The molecular formula is C10H15NO2S2. The van der Waals surface area contributed by atoms with Gasteiger partial charge in [0.1, 0.15) is 6.29 Å². The Labute approximate surface area is 98.3 Å². The number of amides is 1. The van der Waals surface area contributed by atoms with Gasteiger partial charge in [-0.3, -0.25) is 4.79 Å². The molecule has 0 N–H and O–H groups in total. The van der Waals surface area contributed by atoms with E-state index in [2.05, 4.69) is 0 Å². The molecule has 15 heavy (non-hydrogen) atoms. The topological polar surface area (TPSA) is 37.4 Å². The van der Waals surface area contributed by atoms with Gasteiger partial charge in [0.15, 0.2) is 0 Å². The molecule has 1 spiro atoms. The maximum Gasteiger partial charge on any atom is 0.220 e. The summed E-state index contributed by atoms with van der Waals surface area (Å²) in [5.41, 5.74) is 0. The van der Waals surface area contributed by atoms with Gasteiger partial charge in [-0.2, -0.15) is 0 Å². The van der Waals surface area contributed by atoms with Gasteiger partial charge < -0.3 is 9.69 Å². The summed E-state index contributed by atoms with van der Waals surface area (Å²) < 4.78 is 0.107. The molecule has 1 amide bonds. The third-order valence-corrected chi connectivity index (χ3v) is 6.25. The average Bonchev–Trinajstić information content (AvgIpc) is 2.58. The minimum absolute atomic E-state index is 0.0238. The standard InChI is InChI=1S/C10H15NO2S2/c1-8(13)11-7-10(5-9(11)6-12)14-3-2-4-15-10/h6,9H,2-5,7H2,1H3/t9-/m0/s1. The maximum absolute atomic E-state index is 11.4. The number of carbonyl (C=O) groups excluding carboxylic acids is 2. The third-order valence-electron chi connectivity index (χ3n) is 2.91. The zero-order chi connectivity index (χ0) is 10.9. The van der Waals surface area contributed by atoms with E-state index in [1.807, 2.05) is 23.5 Å². The van der Waals surface area contributed by atoms with E-state index in [1.54, 1.807) is 11.8 Å². The van der Waals surface area contributed by atoms with Crippen molar-refractivity contribution < 1.29 is 9.59 Å². The number of aldehydes is 1. The van der Waals surface area contributed by atoms with Crippen molar-refractivity contribution in [2.24, 2.45) is 0 Å². The molecule has 5 heteroatoms. The van der Waals surface area contributed by atoms with E-state index in [1.165, 1.54) is 6.42 Å². The highest BCUT2D eigenvalue weighted by molar-refractivity contribution is 8.18. The zero-order valence-electron chi connectivity index (χ0n) is 8.77. The highest BCUT2D eigenvalue weighted by Crippen LogP contribution is 2.49. The predicted molar refractivity (Wildman–Crippen MR) is 64.1 cm³/mol. The second kappa shape index (κ2) is 4.37. The van der Waals surface area contributed by atoms with Crippen LogP contribution in [0.2, 0.25) is 0 Å². The fraction of sp³-hybridized carbons (Fsp3) is 0.800. The summed E-state index contributed by atoms with van der Waals surface area (Å²) in [5, 5.41) is 0. The van der Waals surface area contributed by atoms with Crippen LogP contribution < -0.4 is 0 Å². The highest BCUT2D eigenvalue weighted by Gasteiger charge is 2.46. The Kier molecular flexibility index (Phi) is 3.30. The van der Waals surface area contributed by atoms with Gasteiger partial charge in [-0.25, -0.2) is 0 Å². The zero-order valence-corrected chi connectivity index (χ0v) is 10.4. The van der Waals surface area contributed by atoms with E-state index in [4.69, 9.17) is 0 Å². The first-order valence-corrected chi connectivity index (χ1v) is 7.14. The van der Waals surface area contributed by atoms with E-state index in [-0.39, 0.29) is 16.0 Å². The number of nitrogens with zero attached hydrogens (tertiary/aromatic N) is 1. The van der Waals surface area contributed by atoms with Gasteiger partial charge in [0.25, 0.3) is 0 Å². The van der Waals surface area contributed by atoms with Gasteiger partial charge in [0.2, 0.25) is 5.91 Å². The van der Waals surface area contributed by atoms with Crippen molar-refractivity contribution in [1.82, 2.24) is 4.90 Å². The summed E-state index contributed by atoms with van der Waals surface area (Å²) in [6.07, 6.45) is 2.99. The SMILES string of the molecule is CC(=O)N1CC2(C[C@H]1C=O)SCCCS2. The summed E-state index contributed by atoms with van der Waals surface area (Å²) in [7, 11) is 0. The monoisotopic (exact) mass is 245 g/mol. The number of hydrogen-bond donors (Lipinski definition) is 0. The normalized spacial score (nSPS) is 29.4. The lowest BCUT2D eigenvalue weighted by Crippen LogP contribution is -2.36. The van der Waals surface area contributed by atoms with Crippen LogP contribution in [-0.4, -0.2) is 45.3 Å². The molecule has 0 aromatic rings. The molecule has 0 bridgehead atoms. The molecule has 3 nitrogen and oxygen atoms in total. The predicted octanol–water partition coefficient (Wildman–Crippen LogP) is 1.37. The van der Waals surface area contributed by atoms with Crippen LogP contribution in [0.15, 0.2) is 0 Å². The van der Waals surface area contributed by atoms with Crippen molar-refractivity contribution in [3.05, 3.63) is 0 Å². The lowest BCUT2D eigenvalue weighted by molar-refractivity contribution is -0.132. The van der Waals surface area contributed by atoms with E-state index in [0.717, 1.165) is 30.8 Å². The Bertz CT molecular complexity index is 277. The highest BCUT2D eigenvalue weighted by atomic mass is 32.2. The van der Waals surface area contributed by atoms with Crippen LogP contribution in [-0.2, 0) is 9.59 Å². The Morgan fingerprint density at radius 1 is 1.47 bits per heavy atom. The largest absolute Gasteiger partial charge is 0.331 e. The number of thioether (sulfide) groups is 2. The van der Waals surface area contributed by atoms with Crippen LogP contribution in [0.5, 0.6) is 0 Å². The Morgan fingerprint density at radius 2 is 2.13 bits per heavy atom. The summed E-state index contributed by atoms with van der Waals surface area (Å²) >= 11 is 3.85. The van der Waals surface area contributed by atoms with Gasteiger partial charge in [0, 0.05) is 19.9 Å². The molecule has 0 saturated carbocycles. The van der Waals surface area contributed by atoms with E-state index >= 15 is 0 Å². The summed E-state index contributed by atoms with van der Waals surface area (Å²) in [5.74, 6) is 2.34. The number of carbonyl (C=O) groups is 2. The van der Waals surface area contributed by atoms with Crippen LogP contribution >= 0.6 is 23.5 Å². The van der Waals surface area contributed by atoms with Crippen molar-refractivity contribution in [3.8, 4) is 0 Å². The Balaban J connectivity index is 2.12. The van der Waals surface area contributed by atoms with Gasteiger partial charge >= 0.3 is 0 Å². The molecule has 2 fully saturated rings. The molecule has 2 heterocycles. The Hall–Kier alpha value is -0.160. The van der Waals surface area contributed by atoms with E-state index < -0.39 is 0 Å². The second-order valence-electron chi connectivity index (χ2n) is 4.02. The molecule has 2 rings (SSSR count). The minimum Gasteiger partial charge on any atom is -0.331 e. The van der Waals surface area contributed by atoms with E-state index in [0.29, 0.717) is 0 Å². The van der Waals surface area contributed by atoms with Crippen molar-refractivity contribution in [2.75, 3.05) is 18.1 Å². The number of likely N-dealkylation sites (tertiary alicyclic amines) is 1. The van der Waals surface area contributed by atoms with Gasteiger partial charge in [-0.15, -0.1) is 23.5 Å². The second-order valence-corrected chi connectivity index (χ2v) is 7.23. The van der Waals surface area contributed by atoms with Crippen LogP contribution in [0.3, 0.4) is 0 Å². The molecule has 2 aliphatic rings. The van der Waals surface area contributed by atoms with Crippen LogP contribution in [0.25, 0.3) is 0 Å². The number of rotatable bonds is 1. The molecule has 0 aliphatic carbocycles. The van der Waals surface area contributed by atoms with Crippen LogP contribution in [0.1, 0.15) is 19.8 Å². The van der Waals surface area contributed by atoms with Crippen molar-refractivity contribution in [1.29, 1.82) is 0 Å². The molecule has 1 atom stereocenters. The smallest absolute Gasteiger partial charge is 0.220 e. The molecule has 0 aromatic carbocycles. The van der Waals surface area contributed by atoms with E-state index in [9.17, 15) is 9.59 Å². The molecular weight excluding hydrogens is 230 g/mol. The van der Waals surface area contributed by atoms with Crippen molar-refractivity contribution in [3.63, 3.8) is 0 Å². The average molecular weight is 245 g/mol. The number of hydrogen-bond acceptors (Lipinski definition) is 4. The first kappa shape index (κ1) is 11.3. The fourth-order valence-electron chi connectivity index (χ4n) is 2.16. The van der Waals surface area contributed by atoms with Crippen LogP contribution in [0.4, 0.5) is 0 Å². The first-order chi connectivity index (χ1) is 7.17. The van der Waals surface area contributed by atoms with Crippen LogP contribution in [0, 0.1) is 0 Å².